The molecule has 1 aliphatic heterocycles. The number of carbonyl (C=O) groups is 2. The number of imide groups is 1. The van der Waals surface area contributed by atoms with Crippen molar-refractivity contribution in [3.8, 4) is 0 Å². The van der Waals surface area contributed by atoms with E-state index in [1.165, 1.54) is 4.90 Å². The Morgan fingerprint density at radius 1 is 0.750 bits per heavy atom. The molecule has 0 N–H and O–H groups in total. The summed E-state index contributed by atoms with van der Waals surface area (Å²) < 4.78 is 0. The Morgan fingerprint density at radius 2 is 1.41 bits per heavy atom. The molecule has 0 aromatic heterocycles. The molecule has 0 saturated carbocycles. The van der Waals surface area contributed by atoms with Crippen molar-refractivity contribution in [3.63, 3.8) is 0 Å². The van der Waals surface area contributed by atoms with Crippen molar-refractivity contribution in [2.75, 3.05) is 16.3 Å². The lowest BCUT2D eigenvalue weighted by atomic mass is 9.97. The quantitative estimate of drug-likeness (QED) is 0.491. The summed E-state index contributed by atoms with van der Waals surface area (Å²) in [6.45, 7) is 10.5. The monoisotopic (exact) mass is 424 g/mol. The molecule has 162 valence electrons. The van der Waals surface area contributed by atoms with Crippen molar-refractivity contribution in [2.24, 2.45) is 0 Å². The number of carbonyl (C=O) groups excluding carboxylic acids is 2. The predicted octanol–water partition coefficient (Wildman–Crippen LogP) is 5.73. The summed E-state index contributed by atoms with van der Waals surface area (Å²) in [5, 5.41) is 0. The van der Waals surface area contributed by atoms with Gasteiger partial charge < -0.3 is 4.90 Å². The molecule has 1 aliphatic rings. The van der Waals surface area contributed by atoms with E-state index in [1.54, 1.807) is 0 Å². The third-order valence-corrected chi connectivity index (χ3v) is 5.97. The Labute approximate surface area is 189 Å². The van der Waals surface area contributed by atoms with Crippen LogP contribution >= 0.6 is 0 Å². The first-order valence-corrected chi connectivity index (χ1v) is 10.9. The van der Waals surface area contributed by atoms with Crippen LogP contribution in [0.3, 0.4) is 0 Å². The van der Waals surface area contributed by atoms with E-state index in [2.05, 4.69) is 6.07 Å². The van der Waals surface area contributed by atoms with Crippen molar-refractivity contribution in [1.82, 2.24) is 0 Å². The molecule has 0 radical (unpaired) electrons. The van der Waals surface area contributed by atoms with E-state index >= 15 is 0 Å². The fraction of sp³-hybridized carbons (Fsp3) is 0.214. The molecule has 4 nitrogen and oxygen atoms in total. The van der Waals surface area contributed by atoms with Gasteiger partial charge >= 0.3 is 0 Å². The van der Waals surface area contributed by atoms with Crippen molar-refractivity contribution < 1.29 is 9.59 Å². The van der Waals surface area contributed by atoms with Crippen LogP contribution in [0.4, 0.5) is 11.4 Å². The summed E-state index contributed by atoms with van der Waals surface area (Å²) in [5.74, 6) is -0.565. The fourth-order valence-corrected chi connectivity index (χ4v) is 4.36. The van der Waals surface area contributed by atoms with Gasteiger partial charge in [-0.3, -0.25) is 9.59 Å². The van der Waals surface area contributed by atoms with E-state index in [0.29, 0.717) is 23.5 Å². The highest BCUT2D eigenvalue weighted by Crippen LogP contribution is 2.39. The molecule has 0 unspecified atom stereocenters. The summed E-state index contributed by atoms with van der Waals surface area (Å²) in [5.41, 5.74) is 7.20. The minimum Gasteiger partial charge on any atom is -0.337 e. The highest BCUT2D eigenvalue weighted by atomic mass is 16.2. The Balaban J connectivity index is 1.97. The predicted molar refractivity (Wildman–Crippen MR) is 131 cm³/mol. The minimum absolute atomic E-state index is 0.278. The van der Waals surface area contributed by atoms with Crippen molar-refractivity contribution in [3.05, 3.63) is 100 Å². The zero-order chi connectivity index (χ0) is 23.0. The van der Waals surface area contributed by atoms with Gasteiger partial charge in [0.25, 0.3) is 11.8 Å². The Kier molecular flexibility index (Phi) is 5.70. The third-order valence-electron chi connectivity index (χ3n) is 5.97. The first kappa shape index (κ1) is 21.6. The topological polar surface area (TPSA) is 40.6 Å². The molecule has 3 aromatic rings. The number of amides is 2. The molecule has 0 spiro atoms. The van der Waals surface area contributed by atoms with Crippen molar-refractivity contribution >= 4 is 28.8 Å². The van der Waals surface area contributed by atoms with Gasteiger partial charge in [0.15, 0.2) is 0 Å². The lowest BCUT2D eigenvalue weighted by Crippen LogP contribution is -2.35. The number of hydrogen-bond donors (Lipinski definition) is 0. The maximum Gasteiger partial charge on any atom is 0.282 e. The first-order valence-electron chi connectivity index (χ1n) is 10.9. The van der Waals surface area contributed by atoms with Crippen molar-refractivity contribution in [2.45, 2.75) is 34.6 Å². The van der Waals surface area contributed by atoms with E-state index in [4.69, 9.17) is 0 Å². The van der Waals surface area contributed by atoms with E-state index in [9.17, 15) is 9.59 Å². The zero-order valence-corrected chi connectivity index (χ0v) is 19.3. The second-order valence-electron chi connectivity index (χ2n) is 8.36. The van der Waals surface area contributed by atoms with Gasteiger partial charge in [0.2, 0.25) is 0 Å². The van der Waals surface area contributed by atoms with Crippen molar-refractivity contribution in [1.29, 1.82) is 0 Å². The normalized spacial score (nSPS) is 13.8. The van der Waals surface area contributed by atoms with Gasteiger partial charge in [-0.1, -0.05) is 54.1 Å². The van der Waals surface area contributed by atoms with Gasteiger partial charge in [-0.15, -0.1) is 0 Å². The van der Waals surface area contributed by atoms with Crippen LogP contribution in [0, 0.1) is 27.7 Å². The molecule has 4 heteroatoms. The van der Waals surface area contributed by atoms with Crippen LogP contribution in [0.5, 0.6) is 0 Å². The largest absolute Gasteiger partial charge is 0.337 e. The number of para-hydroxylation sites is 1. The van der Waals surface area contributed by atoms with Crippen LogP contribution in [-0.4, -0.2) is 18.4 Å². The Morgan fingerprint density at radius 3 is 2.06 bits per heavy atom. The fourth-order valence-electron chi connectivity index (χ4n) is 4.36. The Bertz CT molecular complexity index is 1240. The number of nitrogens with zero attached hydrogens (tertiary/aromatic N) is 2. The van der Waals surface area contributed by atoms with Gasteiger partial charge in [-0.25, -0.2) is 4.90 Å². The molecule has 3 aromatic carbocycles. The summed E-state index contributed by atoms with van der Waals surface area (Å²) in [6, 6.07) is 21.6. The van der Waals surface area contributed by atoms with E-state index < -0.39 is 0 Å². The standard InChI is InChI=1S/C28H28N2O2/c1-6-29(22-10-8-7-9-11-22)26-25(23-15-13-18(2)16-21(23)5)27(31)30(28(26)32)24-17-19(3)12-14-20(24)4/h7-17H,6H2,1-5H3. The van der Waals surface area contributed by atoms with Crippen LogP contribution in [0.1, 0.15) is 34.7 Å². The maximum atomic E-state index is 13.9. The molecule has 1 heterocycles. The van der Waals surface area contributed by atoms with E-state index in [1.807, 2.05) is 100 Å². The van der Waals surface area contributed by atoms with Gasteiger partial charge in [0.1, 0.15) is 5.70 Å². The summed E-state index contributed by atoms with van der Waals surface area (Å²) in [7, 11) is 0. The Hall–Kier alpha value is -3.66. The SMILES string of the molecule is CCN(C1=C(c2ccc(C)cc2C)C(=O)N(c2cc(C)ccc2C)C1=O)c1ccccc1. The average molecular weight is 425 g/mol. The number of rotatable bonds is 5. The number of aryl methyl sites for hydroxylation is 4. The van der Waals surface area contributed by atoms with Crippen LogP contribution < -0.4 is 9.80 Å². The first-order chi connectivity index (χ1) is 15.3. The molecular weight excluding hydrogens is 396 g/mol. The zero-order valence-electron chi connectivity index (χ0n) is 19.3. The number of hydrogen-bond acceptors (Lipinski definition) is 3. The minimum atomic E-state index is -0.288. The molecule has 0 atom stereocenters. The molecule has 32 heavy (non-hydrogen) atoms. The average Bonchev–Trinajstić information content (AvgIpc) is 3.01. The van der Waals surface area contributed by atoms with Gasteiger partial charge in [-0.2, -0.15) is 0 Å². The van der Waals surface area contributed by atoms with Gasteiger partial charge in [0, 0.05) is 12.2 Å². The van der Waals surface area contributed by atoms with Crippen LogP contribution in [0.2, 0.25) is 0 Å². The van der Waals surface area contributed by atoms with Crippen LogP contribution in [-0.2, 0) is 9.59 Å². The summed E-state index contributed by atoms with van der Waals surface area (Å²) in [4.78, 5) is 31.1. The number of benzene rings is 3. The highest BCUT2D eigenvalue weighted by molar-refractivity contribution is 6.46. The second-order valence-corrected chi connectivity index (χ2v) is 8.36. The third kappa shape index (κ3) is 3.62. The molecular formula is C28H28N2O2. The molecule has 2 amide bonds. The molecule has 0 bridgehead atoms. The lowest BCUT2D eigenvalue weighted by molar-refractivity contribution is -0.120. The van der Waals surface area contributed by atoms with E-state index in [0.717, 1.165) is 33.5 Å². The maximum absolute atomic E-state index is 13.9. The van der Waals surface area contributed by atoms with Crippen LogP contribution in [0.25, 0.3) is 5.57 Å². The summed E-state index contributed by atoms with van der Waals surface area (Å²) in [6.07, 6.45) is 0. The molecule has 0 aliphatic carbocycles. The highest BCUT2D eigenvalue weighted by Gasteiger charge is 2.43. The van der Waals surface area contributed by atoms with Crippen LogP contribution in [0.15, 0.2) is 72.4 Å². The van der Waals surface area contributed by atoms with Gasteiger partial charge in [-0.05, 0) is 75.1 Å². The summed E-state index contributed by atoms with van der Waals surface area (Å²) >= 11 is 0. The number of likely N-dealkylation sites (N-methyl/N-ethyl adjacent to an activating group) is 1. The van der Waals surface area contributed by atoms with E-state index in [-0.39, 0.29) is 11.8 Å². The molecule has 0 fully saturated rings. The van der Waals surface area contributed by atoms with Gasteiger partial charge in [0.05, 0.1) is 11.3 Å². The molecule has 4 rings (SSSR count). The lowest BCUT2D eigenvalue weighted by Gasteiger charge is -2.25. The number of anilines is 2. The smallest absolute Gasteiger partial charge is 0.282 e. The second kappa shape index (κ2) is 8.46. The molecule has 0 saturated heterocycles.